The normalized spacial score (nSPS) is 11.4. The second-order valence-corrected chi connectivity index (χ2v) is 19.4. The van der Waals surface area contributed by atoms with Crippen LogP contribution in [0, 0.1) is 11.3 Å². The highest BCUT2D eigenvalue weighted by atomic mass is 15.0. The van der Waals surface area contributed by atoms with Crippen molar-refractivity contribution in [3.63, 3.8) is 0 Å². The summed E-state index contributed by atoms with van der Waals surface area (Å²) in [6.07, 6.45) is 0. The maximum absolute atomic E-state index is 10.5. The van der Waals surface area contributed by atoms with Gasteiger partial charge in [0.25, 0.3) is 0 Å². The molecule has 1 aromatic heterocycles. The molecule has 4 heteroatoms. The maximum atomic E-state index is 10.5. The van der Waals surface area contributed by atoms with E-state index in [4.69, 9.17) is 15.0 Å². The zero-order chi connectivity index (χ0) is 50.5. The lowest BCUT2D eigenvalue weighted by atomic mass is 9.91. The number of nitrogens with zero attached hydrogens (tertiary/aromatic N) is 4. The van der Waals surface area contributed by atoms with E-state index in [1.807, 2.05) is 54.6 Å². The number of nitriles is 1. The van der Waals surface area contributed by atoms with Crippen LogP contribution in [0.5, 0.6) is 0 Å². The van der Waals surface area contributed by atoms with E-state index in [0.29, 0.717) is 23.0 Å². The van der Waals surface area contributed by atoms with Crippen LogP contribution in [0.2, 0.25) is 0 Å². The Hall–Kier alpha value is -10.3. The highest BCUT2D eigenvalue weighted by Gasteiger charge is 2.17. The zero-order valence-corrected chi connectivity index (χ0v) is 41.2. The van der Waals surface area contributed by atoms with Crippen molar-refractivity contribution < 1.29 is 0 Å². The number of fused-ring (bicyclic) bond motifs is 9. The molecule has 0 atom stereocenters. The van der Waals surface area contributed by atoms with Crippen LogP contribution in [0.25, 0.3) is 144 Å². The van der Waals surface area contributed by atoms with Gasteiger partial charge < -0.3 is 0 Å². The summed E-state index contributed by atoms with van der Waals surface area (Å²) in [6.45, 7) is 0. The van der Waals surface area contributed by atoms with E-state index in [-0.39, 0.29) is 0 Å². The second kappa shape index (κ2) is 18.6. The van der Waals surface area contributed by atoms with E-state index in [0.717, 1.165) is 61.2 Å². The number of benzene rings is 13. The van der Waals surface area contributed by atoms with Gasteiger partial charge in [0.05, 0.1) is 11.6 Å². The van der Waals surface area contributed by atoms with Gasteiger partial charge >= 0.3 is 0 Å². The van der Waals surface area contributed by atoms with Gasteiger partial charge in [0, 0.05) is 22.3 Å². The quantitative estimate of drug-likeness (QED) is 0.142. The molecule has 0 spiro atoms. The molecule has 14 aromatic rings. The molecule has 0 fully saturated rings. The Morgan fingerprint density at radius 2 is 0.605 bits per heavy atom. The van der Waals surface area contributed by atoms with Gasteiger partial charge in [0.1, 0.15) is 0 Å². The highest BCUT2D eigenvalue weighted by molar-refractivity contribution is 6.25. The van der Waals surface area contributed by atoms with Gasteiger partial charge in [-0.1, -0.05) is 231 Å². The van der Waals surface area contributed by atoms with Crippen LogP contribution in [-0.2, 0) is 0 Å². The van der Waals surface area contributed by atoms with E-state index < -0.39 is 0 Å². The van der Waals surface area contributed by atoms with Crippen molar-refractivity contribution in [3.8, 4) is 95.9 Å². The largest absolute Gasteiger partial charge is 0.208 e. The van der Waals surface area contributed by atoms with Crippen molar-refractivity contribution in [2.75, 3.05) is 0 Å². The average Bonchev–Trinajstić information content (AvgIpc) is 3.51. The first-order valence-electron chi connectivity index (χ1n) is 25.6. The Bertz CT molecular complexity index is 4590. The molecule has 0 aliphatic carbocycles. The van der Waals surface area contributed by atoms with Crippen LogP contribution in [0.4, 0.5) is 0 Å². The van der Waals surface area contributed by atoms with Gasteiger partial charge in [-0.3, -0.25) is 0 Å². The number of hydrogen-bond donors (Lipinski definition) is 0. The Labute approximate surface area is 440 Å². The van der Waals surface area contributed by atoms with Gasteiger partial charge in [-0.2, -0.15) is 5.26 Å². The van der Waals surface area contributed by atoms with E-state index in [1.54, 1.807) is 0 Å². The Morgan fingerprint density at radius 3 is 1.17 bits per heavy atom. The van der Waals surface area contributed by atoms with E-state index in [1.165, 1.54) is 65.0 Å². The third-order valence-corrected chi connectivity index (χ3v) is 15.0. The summed E-state index contributed by atoms with van der Waals surface area (Å²) in [7, 11) is 0. The second-order valence-electron chi connectivity index (χ2n) is 19.4. The third-order valence-electron chi connectivity index (χ3n) is 15.0. The minimum Gasteiger partial charge on any atom is -0.208 e. The third kappa shape index (κ3) is 7.92. The maximum Gasteiger partial charge on any atom is 0.164 e. The lowest BCUT2D eigenvalue weighted by Gasteiger charge is -2.13. The minimum absolute atomic E-state index is 0.546. The predicted molar refractivity (Wildman–Crippen MR) is 316 cm³/mol. The monoisotopic (exact) mass is 964 g/mol. The molecule has 13 aromatic carbocycles. The first-order chi connectivity index (χ1) is 37.6. The van der Waals surface area contributed by atoms with Gasteiger partial charge in [-0.05, 0) is 140 Å². The summed E-state index contributed by atoms with van der Waals surface area (Å²) in [5.74, 6) is 1.71. The molecular formula is C72H44N4. The molecule has 0 saturated carbocycles. The van der Waals surface area contributed by atoms with Gasteiger partial charge in [0.2, 0.25) is 0 Å². The highest BCUT2D eigenvalue weighted by Crippen LogP contribution is 2.40. The number of aromatic nitrogens is 3. The van der Waals surface area contributed by atoms with Crippen LogP contribution < -0.4 is 0 Å². The lowest BCUT2D eigenvalue weighted by molar-refractivity contribution is 1.07. The Balaban J connectivity index is 0.774. The average molecular weight is 965 g/mol. The Morgan fingerprint density at radius 1 is 0.224 bits per heavy atom. The molecule has 76 heavy (non-hydrogen) atoms. The van der Waals surface area contributed by atoms with Crippen molar-refractivity contribution in [2.45, 2.75) is 0 Å². The fraction of sp³-hybridized carbons (Fsp3) is 0. The summed E-state index contributed by atoms with van der Waals surface area (Å²) in [5, 5.41) is 23.0. The number of hydrogen-bond acceptors (Lipinski definition) is 4. The molecule has 0 amide bonds. The molecule has 0 aliphatic heterocycles. The van der Waals surface area contributed by atoms with E-state index in [2.05, 4.69) is 218 Å². The van der Waals surface area contributed by atoms with Crippen LogP contribution in [0.1, 0.15) is 5.56 Å². The molecule has 0 radical (unpaired) electrons. The molecule has 0 saturated heterocycles. The van der Waals surface area contributed by atoms with Gasteiger partial charge in [-0.15, -0.1) is 0 Å². The van der Waals surface area contributed by atoms with Crippen LogP contribution >= 0.6 is 0 Å². The first-order valence-corrected chi connectivity index (χ1v) is 25.6. The van der Waals surface area contributed by atoms with Gasteiger partial charge in [0.15, 0.2) is 17.5 Å². The number of rotatable bonds is 8. The van der Waals surface area contributed by atoms with Crippen molar-refractivity contribution in [2.24, 2.45) is 0 Å². The summed E-state index contributed by atoms with van der Waals surface area (Å²) < 4.78 is 0. The summed E-state index contributed by atoms with van der Waals surface area (Å²) >= 11 is 0. The van der Waals surface area contributed by atoms with Gasteiger partial charge in [-0.25, -0.2) is 15.0 Å². The van der Waals surface area contributed by atoms with E-state index in [9.17, 15) is 5.26 Å². The van der Waals surface area contributed by atoms with Crippen molar-refractivity contribution in [3.05, 3.63) is 272 Å². The molecule has 0 bridgehead atoms. The molecule has 14 rings (SSSR count). The zero-order valence-electron chi connectivity index (χ0n) is 41.2. The van der Waals surface area contributed by atoms with E-state index >= 15 is 0 Å². The molecule has 352 valence electrons. The molecule has 0 unspecified atom stereocenters. The summed E-state index contributed by atoms with van der Waals surface area (Å²) in [4.78, 5) is 15.4. The standard InChI is InChI=1S/C72H44N4/c73-45-58-37-36-51(48-32-28-46(29-33-48)47-30-34-49(35-31-47)52-38-39-66-63-25-8-7-23-61(63)62-24-9-11-27-65(62)69(66)43-52)42-67(58)53-17-12-19-56(40-53)71-74-70(50-14-2-1-3-15-50)75-72(76-71)57-20-13-18-54(41-57)68-44-55-16-4-5-21-59(55)60-22-6-10-26-64(60)68/h1-44H. The Kier molecular flexibility index (Phi) is 10.9. The summed E-state index contributed by atoms with van der Waals surface area (Å²) in [5.41, 5.74) is 13.9. The van der Waals surface area contributed by atoms with Crippen molar-refractivity contribution in [1.82, 2.24) is 15.0 Å². The minimum atomic E-state index is 0.546. The smallest absolute Gasteiger partial charge is 0.164 e. The van der Waals surface area contributed by atoms with Crippen LogP contribution in [-0.4, -0.2) is 15.0 Å². The molecule has 4 nitrogen and oxygen atoms in total. The summed E-state index contributed by atoms with van der Waals surface area (Å²) in [6, 6.07) is 96.6. The fourth-order valence-electron chi connectivity index (χ4n) is 11.2. The molecule has 0 N–H and O–H groups in total. The molecule has 1 heterocycles. The fourth-order valence-corrected chi connectivity index (χ4v) is 11.2. The van der Waals surface area contributed by atoms with Crippen molar-refractivity contribution >= 4 is 53.9 Å². The van der Waals surface area contributed by atoms with Crippen molar-refractivity contribution in [1.29, 1.82) is 5.26 Å². The first kappa shape index (κ1) is 44.4. The molecule has 0 aliphatic rings. The lowest BCUT2D eigenvalue weighted by Crippen LogP contribution is -2.00. The molecular weight excluding hydrogens is 921 g/mol. The topological polar surface area (TPSA) is 62.5 Å². The predicted octanol–water partition coefficient (Wildman–Crippen LogP) is 18.8. The SMILES string of the molecule is N#Cc1ccc(-c2ccc(-c3ccc(-c4ccc5c6ccccc6c6ccccc6c5c4)cc3)cc2)cc1-c1cccc(-c2nc(-c3ccccc3)nc(-c3cccc(-c4cc5ccccc5c5ccccc45)c3)n2)c1. The van der Waals surface area contributed by atoms with Crippen LogP contribution in [0.3, 0.4) is 0 Å². The van der Waals surface area contributed by atoms with Crippen LogP contribution in [0.15, 0.2) is 267 Å².